The standard InChI is InChI=1S/C17H17N3O/c1-13-17(3-2-8-18-13)16-6-4-14(5-7-16)10-20-11-15(12-21)9-19-20/h2-9,11,21H,10,12H2,1H3. The number of aliphatic hydroxyl groups excluding tert-OH is 1. The van der Waals surface area contributed by atoms with E-state index in [4.69, 9.17) is 5.11 Å². The zero-order chi connectivity index (χ0) is 14.7. The Morgan fingerprint density at radius 1 is 1.10 bits per heavy atom. The molecule has 2 heterocycles. The van der Waals surface area contributed by atoms with Gasteiger partial charge in [0.05, 0.1) is 19.3 Å². The van der Waals surface area contributed by atoms with E-state index in [1.807, 2.05) is 30.1 Å². The molecule has 0 aliphatic carbocycles. The monoisotopic (exact) mass is 279 g/mol. The summed E-state index contributed by atoms with van der Waals surface area (Å²) in [7, 11) is 0. The molecular formula is C17H17N3O. The highest BCUT2D eigenvalue weighted by Gasteiger charge is 2.03. The molecule has 0 bridgehead atoms. The van der Waals surface area contributed by atoms with Gasteiger partial charge in [0.15, 0.2) is 0 Å². The Balaban J connectivity index is 1.79. The Labute approximate surface area is 123 Å². The van der Waals surface area contributed by atoms with E-state index in [0.29, 0.717) is 6.54 Å². The Bertz CT molecular complexity index is 732. The number of hydrogen-bond donors (Lipinski definition) is 1. The van der Waals surface area contributed by atoms with Crippen molar-refractivity contribution in [3.63, 3.8) is 0 Å². The van der Waals surface area contributed by atoms with Gasteiger partial charge in [0.2, 0.25) is 0 Å². The van der Waals surface area contributed by atoms with Crippen LogP contribution in [0.2, 0.25) is 0 Å². The molecule has 4 heteroatoms. The lowest BCUT2D eigenvalue weighted by Crippen LogP contribution is -1.99. The molecule has 0 saturated heterocycles. The van der Waals surface area contributed by atoms with E-state index in [1.165, 1.54) is 11.1 Å². The number of aryl methyl sites for hydroxylation is 1. The predicted molar refractivity (Wildman–Crippen MR) is 81.7 cm³/mol. The summed E-state index contributed by atoms with van der Waals surface area (Å²) in [6, 6.07) is 12.4. The van der Waals surface area contributed by atoms with Crippen LogP contribution in [0.3, 0.4) is 0 Å². The topological polar surface area (TPSA) is 50.9 Å². The molecule has 1 aromatic carbocycles. The second kappa shape index (κ2) is 5.89. The van der Waals surface area contributed by atoms with Gasteiger partial charge in [-0.2, -0.15) is 5.10 Å². The van der Waals surface area contributed by atoms with Crippen molar-refractivity contribution in [1.29, 1.82) is 0 Å². The van der Waals surface area contributed by atoms with Crippen molar-refractivity contribution in [3.8, 4) is 11.1 Å². The summed E-state index contributed by atoms with van der Waals surface area (Å²) in [5.41, 5.74) is 5.36. The summed E-state index contributed by atoms with van der Waals surface area (Å²) in [6.45, 7) is 2.74. The highest BCUT2D eigenvalue weighted by Crippen LogP contribution is 2.22. The predicted octanol–water partition coefficient (Wildman–Crippen LogP) is 2.79. The maximum Gasteiger partial charge on any atom is 0.0712 e. The molecule has 0 aliphatic rings. The Kier molecular flexibility index (Phi) is 3.79. The summed E-state index contributed by atoms with van der Waals surface area (Å²) in [5, 5.41) is 13.3. The fourth-order valence-electron chi connectivity index (χ4n) is 2.34. The van der Waals surface area contributed by atoms with Crippen LogP contribution in [0.1, 0.15) is 16.8 Å². The number of rotatable bonds is 4. The molecule has 0 aliphatic heterocycles. The van der Waals surface area contributed by atoms with Crippen molar-refractivity contribution in [3.05, 3.63) is 71.8 Å². The van der Waals surface area contributed by atoms with Crippen LogP contribution in [-0.2, 0) is 13.2 Å². The Hall–Kier alpha value is -2.46. The SMILES string of the molecule is Cc1ncccc1-c1ccc(Cn2cc(CO)cn2)cc1. The van der Waals surface area contributed by atoms with E-state index in [2.05, 4.69) is 40.4 Å². The van der Waals surface area contributed by atoms with Crippen LogP contribution in [0, 0.1) is 6.92 Å². The highest BCUT2D eigenvalue weighted by molar-refractivity contribution is 5.65. The van der Waals surface area contributed by atoms with Gasteiger partial charge in [-0.3, -0.25) is 9.67 Å². The number of aromatic nitrogens is 3. The summed E-state index contributed by atoms with van der Waals surface area (Å²) >= 11 is 0. The molecule has 4 nitrogen and oxygen atoms in total. The first-order valence-corrected chi connectivity index (χ1v) is 6.89. The van der Waals surface area contributed by atoms with Gasteiger partial charge in [0.1, 0.15) is 0 Å². The van der Waals surface area contributed by atoms with Gasteiger partial charge in [-0.1, -0.05) is 30.3 Å². The number of aliphatic hydroxyl groups is 1. The van der Waals surface area contributed by atoms with Gasteiger partial charge in [-0.15, -0.1) is 0 Å². The molecule has 0 fully saturated rings. The minimum Gasteiger partial charge on any atom is -0.392 e. The van der Waals surface area contributed by atoms with Gasteiger partial charge in [0.25, 0.3) is 0 Å². The van der Waals surface area contributed by atoms with Crippen LogP contribution >= 0.6 is 0 Å². The molecule has 0 saturated carbocycles. The summed E-state index contributed by atoms with van der Waals surface area (Å²) in [5.74, 6) is 0. The van der Waals surface area contributed by atoms with Gasteiger partial charge >= 0.3 is 0 Å². The number of hydrogen-bond acceptors (Lipinski definition) is 3. The average Bonchev–Trinajstić information content (AvgIpc) is 2.96. The summed E-state index contributed by atoms with van der Waals surface area (Å²) < 4.78 is 1.83. The molecule has 21 heavy (non-hydrogen) atoms. The molecule has 0 radical (unpaired) electrons. The number of pyridine rings is 1. The van der Waals surface area contributed by atoms with E-state index >= 15 is 0 Å². The molecule has 0 unspecified atom stereocenters. The second-order valence-corrected chi connectivity index (χ2v) is 5.04. The Morgan fingerprint density at radius 2 is 1.90 bits per heavy atom. The fraction of sp³-hybridized carbons (Fsp3) is 0.176. The molecular weight excluding hydrogens is 262 g/mol. The first-order valence-electron chi connectivity index (χ1n) is 6.89. The third-order valence-electron chi connectivity index (χ3n) is 3.49. The maximum atomic E-state index is 9.05. The molecule has 1 N–H and O–H groups in total. The largest absolute Gasteiger partial charge is 0.392 e. The molecule has 106 valence electrons. The van der Waals surface area contributed by atoms with Crippen molar-refractivity contribution >= 4 is 0 Å². The van der Waals surface area contributed by atoms with E-state index < -0.39 is 0 Å². The molecule has 0 spiro atoms. The molecule has 0 atom stereocenters. The van der Waals surface area contributed by atoms with Gasteiger partial charge in [-0.05, 0) is 24.1 Å². The van der Waals surface area contributed by atoms with Crippen molar-refractivity contribution in [2.24, 2.45) is 0 Å². The summed E-state index contributed by atoms with van der Waals surface area (Å²) in [6.07, 6.45) is 5.36. The fourth-order valence-corrected chi connectivity index (χ4v) is 2.34. The minimum absolute atomic E-state index is 0.0270. The normalized spacial score (nSPS) is 10.8. The lowest BCUT2D eigenvalue weighted by molar-refractivity contribution is 0.281. The van der Waals surface area contributed by atoms with Crippen LogP contribution in [-0.4, -0.2) is 19.9 Å². The molecule has 2 aromatic heterocycles. The van der Waals surface area contributed by atoms with E-state index in [-0.39, 0.29) is 6.61 Å². The highest BCUT2D eigenvalue weighted by atomic mass is 16.3. The lowest BCUT2D eigenvalue weighted by atomic mass is 10.0. The first-order chi connectivity index (χ1) is 10.3. The molecule has 3 rings (SSSR count). The molecule has 0 amide bonds. The van der Waals surface area contributed by atoms with Crippen LogP contribution in [0.25, 0.3) is 11.1 Å². The first kappa shape index (κ1) is 13.5. The third-order valence-corrected chi connectivity index (χ3v) is 3.49. The number of benzene rings is 1. The molecule has 3 aromatic rings. The van der Waals surface area contributed by atoms with Crippen molar-refractivity contribution in [1.82, 2.24) is 14.8 Å². The minimum atomic E-state index is 0.0270. The van der Waals surface area contributed by atoms with Crippen LogP contribution in [0.5, 0.6) is 0 Å². The van der Waals surface area contributed by atoms with Gasteiger partial charge in [-0.25, -0.2) is 0 Å². The van der Waals surface area contributed by atoms with E-state index in [1.54, 1.807) is 6.20 Å². The average molecular weight is 279 g/mol. The summed E-state index contributed by atoms with van der Waals surface area (Å²) in [4.78, 5) is 4.32. The van der Waals surface area contributed by atoms with Crippen molar-refractivity contribution < 1.29 is 5.11 Å². The van der Waals surface area contributed by atoms with Crippen LogP contribution in [0.15, 0.2) is 55.0 Å². The second-order valence-electron chi connectivity index (χ2n) is 5.04. The van der Waals surface area contributed by atoms with Crippen LogP contribution in [0.4, 0.5) is 0 Å². The van der Waals surface area contributed by atoms with Crippen molar-refractivity contribution in [2.75, 3.05) is 0 Å². The van der Waals surface area contributed by atoms with Crippen LogP contribution < -0.4 is 0 Å². The van der Waals surface area contributed by atoms with Crippen molar-refractivity contribution in [2.45, 2.75) is 20.1 Å². The number of nitrogens with zero attached hydrogens (tertiary/aromatic N) is 3. The zero-order valence-electron chi connectivity index (χ0n) is 11.9. The van der Waals surface area contributed by atoms with Gasteiger partial charge < -0.3 is 5.11 Å². The van der Waals surface area contributed by atoms with E-state index in [9.17, 15) is 0 Å². The van der Waals surface area contributed by atoms with Gasteiger partial charge in [0, 0.05) is 29.2 Å². The third kappa shape index (κ3) is 3.01. The Morgan fingerprint density at radius 3 is 2.57 bits per heavy atom. The quantitative estimate of drug-likeness (QED) is 0.799. The maximum absolute atomic E-state index is 9.05. The lowest BCUT2D eigenvalue weighted by Gasteiger charge is -2.07. The smallest absolute Gasteiger partial charge is 0.0712 e. The zero-order valence-corrected chi connectivity index (χ0v) is 11.9. The van der Waals surface area contributed by atoms with E-state index in [0.717, 1.165) is 16.8 Å².